The van der Waals surface area contributed by atoms with Gasteiger partial charge in [0.05, 0.1) is 13.2 Å². The minimum Gasteiger partial charge on any atom is -0.496 e. The second-order valence-electron chi connectivity index (χ2n) is 4.63. The van der Waals surface area contributed by atoms with Gasteiger partial charge in [-0.2, -0.15) is 0 Å². The Balaban J connectivity index is 1.92. The number of benzene rings is 2. The van der Waals surface area contributed by atoms with E-state index >= 15 is 0 Å². The van der Waals surface area contributed by atoms with Crippen LogP contribution in [0.1, 0.15) is 23.6 Å². The third kappa shape index (κ3) is 1.94. The van der Waals surface area contributed by atoms with Crippen molar-refractivity contribution >= 4 is 5.69 Å². The number of rotatable bonds is 2. The van der Waals surface area contributed by atoms with E-state index in [-0.39, 0.29) is 0 Å². The second-order valence-corrected chi connectivity index (χ2v) is 4.63. The fourth-order valence-electron chi connectivity index (χ4n) is 2.63. The summed E-state index contributed by atoms with van der Waals surface area (Å²) in [6, 6.07) is 17.1. The molecule has 1 aliphatic rings. The van der Waals surface area contributed by atoms with Gasteiger partial charge >= 0.3 is 0 Å². The first-order chi connectivity index (χ1) is 8.88. The van der Waals surface area contributed by atoms with Crippen LogP contribution in [0.15, 0.2) is 48.5 Å². The Kier molecular flexibility index (Phi) is 2.93. The van der Waals surface area contributed by atoms with Gasteiger partial charge in [-0.25, -0.2) is 0 Å². The number of methoxy groups -OCH3 is 1. The van der Waals surface area contributed by atoms with Crippen LogP contribution in [0.25, 0.3) is 0 Å². The molecular weight excluding hydrogens is 222 g/mol. The molecule has 0 saturated carbocycles. The van der Waals surface area contributed by atoms with Gasteiger partial charge < -0.3 is 10.1 Å². The van der Waals surface area contributed by atoms with Crippen LogP contribution in [0.2, 0.25) is 0 Å². The van der Waals surface area contributed by atoms with Gasteiger partial charge in [-0.05, 0) is 30.5 Å². The Morgan fingerprint density at radius 1 is 1.06 bits per heavy atom. The fraction of sp³-hybridized carbons (Fsp3) is 0.250. The molecule has 18 heavy (non-hydrogen) atoms. The molecule has 3 rings (SSSR count). The van der Waals surface area contributed by atoms with Crippen LogP contribution in [0.3, 0.4) is 0 Å². The fourth-order valence-corrected chi connectivity index (χ4v) is 2.63. The van der Waals surface area contributed by atoms with E-state index in [0.29, 0.717) is 6.04 Å². The lowest BCUT2D eigenvalue weighted by Crippen LogP contribution is -2.18. The molecule has 0 aromatic heterocycles. The number of ether oxygens (including phenoxy) is 1. The van der Waals surface area contributed by atoms with Gasteiger partial charge in [-0.3, -0.25) is 0 Å². The summed E-state index contributed by atoms with van der Waals surface area (Å²) in [5, 5.41) is 3.61. The Morgan fingerprint density at radius 2 is 1.83 bits per heavy atom. The predicted octanol–water partition coefficient (Wildman–Crippen LogP) is 3.79. The van der Waals surface area contributed by atoms with Crippen LogP contribution in [0.5, 0.6) is 5.75 Å². The third-order valence-electron chi connectivity index (χ3n) is 3.56. The molecule has 0 bridgehead atoms. The van der Waals surface area contributed by atoms with Gasteiger partial charge in [0, 0.05) is 11.3 Å². The zero-order chi connectivity index (χ0) is 12.4. The number of aryl methyl sites for hydroxylation is 1. The van der Waals surface area contributed by atoms with E-state index in [4.69, 9.17) is 4.74 Å². The van der Waals surface area contributed by atoms with Crippen molar-refractivity contribution in [1.82, 2.24) is 0 Å². The van der Waals surface area contributed by atoms with E-state index in [1.165, 1.54) is 16.8 Å². The predicted molar refractivity (Wildman–Crippen MR) is 74.1 cm³/mol. The van der Waals surface area contributed by atoms with Crippen molar-refractivity contribution in [3.05, 3.63) is 59.7 Å². The van der Waals surface area contributed by atoms with Crippen molar-refractivity contribution in [2.75, 3.05) is 12.4 Å². The van der Waals surface area contributed by atoms with E-state index in [1.54, 1.807) is 7.11 Å². The van der Waals surface area contributed by atoms with Crippen LogP contribution < -0.4 is 10.1 Å². The van der Waals surface area contributed by atoms with Crippen molar-refractivity contribution in [3.8, 4) is 5.75 Å². The summed E-state index contributed by atoms with van der Waals surface area (Å²) in [7, 11) is 1.73. The van der Waals surface area contributed by atoms with E-state index in [9.17, 15) is 0 Å². The quantitative estimate of drug-likeness (QED) is 0.860. The third-order valence-corrected chi connectivity index (χ3v) is 3.56. The molecule has 1 atom stereocenters. The standard InChI is InChI=1S/C16H17NO/c1-18-16-9-5-3-7-13(16)15-11-10-12-6-2-4-8-14(12)17-15/h2-9,15,17H,10-11H2,1H3/t15-/m1/s1. The molecule has 0 unspecified atom stereocenters. The second kappa shape index (κ2) is 4.73. The molecule has 0 amide bonds. The lowest BCUT2D eigenvalue weighted by molar-refractivity contribution is 0.405. The van der Waals surface area contributed by atoms with E-state index in [0.717, 1.165) is 18.6 Å². The first-order valence-corrected chi connectivity index (χ1v) is 6.36. The van der Waals surface area contributed by atoms with Crippen LogP contribution >= 0.6 is 0 Å². The molecule has 0 radical (unpaired) electrons. The maximum atomic E-state index is 5.45. The summed E-state index contributed by atoms with van der Waals surface area (Å²) in [5.41, 5.74) is 3.90. The molecular formula is C16H17NO. The van der Waals surface area contributed by atoms with Gasteiger partial charge in [-0.1, -0.05) is 36.4 Å². The van der Waals surface area contributed by atoms with Crippen LogP contribution in [-0.4, -0.2) is 7.11 Å². The molecule has 2 heteroatoms. The number of hydrogen-bond donors (Lipinski definition) is 1. The first-order valence-electron chi connectivity index (χ1n) is 6.36. The number of anilines is 1. The zero-order valence-electron chi connectivity index (χ0n) is 10.5. The Hall–Kier alpha value is -1.96. The largest absolute Gasteiger partial charge is 0.496 e. The zero-order valence-corrected chi connectivity index (χ0v) is 10.5. The van der Waals surface area contributed by atoms with E-state index < -0.39 is 0 Å². The highest BCUT2D eigenvalue weighted by Gasteiger charge is 2.21. The van der Waals surface area contributed by atoms with Crippen molar-refractivity contribution in [1.29, 1.82) is 0 Å². The molecule has 1 heterocycles. The Morgan fingerprint density at radius 3 is 2.72 bits per heavy atom. The van der Waals surface area contributed by atoms with E-state index in [2.05, 4.69) is 41.7 Å². The van der Waals surface area contributed by atoms with Gasteiger partial charge in [0.2, 0.25) is 0 Å². The van der Waals surface area contributed by atoms with Crippen LogP contribution in [0, 0.1) is 0 Å². The van der Waals surface area contributed by atoms with Gasteiger partial charge in [0.15, 0.2) is 0 Å². The van der Waals surface area contributed by atoms with Gasteiger partial charge in [-0.15, -0.1) is 0 Å². The molecule has 92 valence electrons. The highest BCUT2D eigenvalue weighted by atomic mass is 16.5. The molecule has 0 spiro atoms. The molecule has 1 N–H and O–H groups in total. The van der Waals surface area contributed by atoms with E-state index in [1.807, 2.05) is 12.1 Å². The highest BCUT2D eigenvalue weighted by molar-refractivity contribution is 5.56. The lowest BCUT2D eigenvalue weighted by Gasteiger charge is -2.28. The molecule has 0 aliphatic carbocycles. The summed E-state index contributed by atoms with van der Waals surface area (Å²) in [4.78, 5) is 0. The van der Waals surface area contributed by atoms with Crippen LogP contribution in [-0.2, 0) is 6.42 Å². The SMILES string of the molecule is COc1ccccc1[C@H]1CCc2ccccc2N1. The number of para-hydroxylation sites is 2. The maximum Gasteiger partial charge on any atom is 0.124 e. The minimum atomic E-state index is 0.344. The number of nitrogens with one attached hydrogen (secondary N) is 1. The maximum absolute atomic E-state index is 5.45. The Bertz CT molecular complexity index is 550. The molecule has 0 saturated heterocycles. The number of hydrogen-bond acceptors (Lipinski definition) is 2. The highest BCUT2D eigenvalue weighted by Crippen LogP contribution is 2.35. The molecule has 2 nitrogen and oxygen atoms in total. The normalized spacial score (nSPS) is 17.7. The smallest absolute Gasteiger partial charge is 0.124 e. The number of fused-ring (bicyclic) bond motifs is 1. The topological polar surface area (TPSA) is 21.3 Å². The molecule has 2 aromatic rings. The van der Waals surface area contributed by atoms with Crippen molar-refractivity contribution in [3.63, 3.8) is 0 Å². The van der Waals surface area contributed by atoms with Gasteiger partial charge in [0.25, 0.3) is 0 Å². The van der Waals surface area contributed by atoms with Crippen LogP contribution in [0.4, 0.5) is 5.69 Å². The summed E-state index contributed by atoms with van der Waals surface area (Å²) in [6.45, 7) is 0. The average Bonchev–Trinajstić information content (AvgIpc) is 2.46. The summed E-state index contributed by atoms with van der Waals surface area (Å²) < 4.78 is 5.45. The van der Waals surface area contributed by atoms with Gasteiger partial charge in [0.1, 0.15) is 5.75 Å². The molecule has 1 aliphatic heterocycles. The first kappa shape index (κ1) is 11.1. The monoisotopic (exact) mass is 239 g/mol. The Labute approximate surface area is 108 Å². The summed E-state index contributed by atoms with van der Waals surface area (Å²) >= 11 is 0. The minimum absolute atomic E-state index is 0.344. The molecule has 0 fully saturated rings. The lowest BCUT2D eigenvalue weighted by atomic mass is 9.93. The van der Waals surface area contributed by atoms with Crippen molar-refractivity contribution in [2.45, 2.75) is 18.9 Å². The van der Waals surface area contributed by atoms with Crippen molar-refractivity contribution < 1.29 is 4.74 Å². The van der Waals surface area contributed by atoms with Crippen molar-refractivity contribution in [2.24, 2.45) is 0 Å². The summed E-state index contributed by atoms with van der Waals surface area (Å²) in [6.07, 6.45) is 2.23. The average molecular weight is 239 g/mol. The molecule has 2 aromatic carbocycles. The summed E-state index contributed by atoms with van der Waals surface area (Å²) in [5.74, 6) is 0.967.